The minimum Gasteiger partial charge on any atom is -0.462 e. The Hall–Kier alpha value is -2.69. The van der Waals surface area contributed by atoms with Crippen molar-refractivity contribution in [3.8, 4) is 0 Å². The Kier molecular flexibility index (Phi) is 4.25. The monoisotopic (exact) mass is 398 g/mol. The van der Waals surface area contributed by atoms with Gasteiger partial charge in [-0.1, -0.05) is 47.5 Å². The molecule has 0 amide bonds. The predicted molar refractivity (Wildman–Crippen MR) is 103 cm³/mol. The molecule has 1 aliphatic rings. The maximum Gasteiger partial charge on any atom is 0.339 e. The predicted octanol–water partition coefficient (Wildman–Crippen LogP) is 5.10. The fourth-order valence-electron chi connectivity index (χ4n) is 3.41. The molecule has 0 radical (unpaired) electrons. The number of esters is 1. The van der Waals surface area contributed by atoms with Gasteiger partial charge in [0, 0.05) is 37.7 Å². The van der Waals surface area contributed by atoms with Crippen LogP contribution in [0.1, 0.15) is 49.1 Å². The van der Waals surface area contributed by atoms with Crippen LogP contribution in [0, 0.1) is 0 Å². The molecule has 4 nitrogen and oxygen atoms in total. The molecule has 27 heavy (non-hydrogen) atoms. The van der Waals surface area contributed by atoms with E-state index in [1.807, 2.05) is 0 Å². The number of hydrogen-bond donors (Lipinski definition) is 0. The molecular formula is C21H12Cl2O4. The molecule has 0 atom stereocenters. The van der Waals surface area contributed by atoms with Crippen molar-refractivity contribution in [2.75, 3.05) is 6.61 Å². The minimum absolute atomic E-state index is 0.0154. The number of carbonyl (C=O) groups excluding carboxylic acids is 3. The Morgan fingerprint density at radius 3 is 2.26 bits per heavy atom. The molecule has 0 spiro atoms. The summed E-state index contributed by atoms with van der Waals surface area (Å²) in [6.07, 6.45) is 0. The number of rotatable bonds is 2. The zero-order chi connectivity index (χ0) is 19.3. The van der Waals surface area contributed by atoms with Crippen LogP contribution in [0.4, 0.5) is 0 Å². The Bertz CT molecular complexity index is 1160. The van der Waals surface area contributed by atoms with Crippen molar-refractivity contribution in [2.24, 2.45) is 0 Å². The number of benzene rings is 3. The van der Waals surface area contributed by atoms with Crippen LogP contribution in [0.25, 0.3) is 10.8 Å². The average molecular weight is 399 g/mol. The lowest BCUT2D eigenvalue weighted by Gasteiger charge is -2.21. The van der Waals surface area contributed by atoms with Gasteiger partial charge < -0.3 is 4.74 Å². The third-order valence-electron chi connectivity index (χ3n) is 4.54. The summed E-state index contributed by atoms with van der Waals surface area (Å²) >= 11 is 12.4. The molecule has 134 valence electrons. The van der Waals surface area contributed by atoms with E-state index in [0.29, 0.717) is 21.4 Å². The summed E-state index contributed by atoms with van der Waals surface area (Å²) in [5.41, 5.74) is 0.741. The van der Waals surface area contributed by atoms with Crippen molar-refractivity contribution in [3.05, 3.63) is 80.3 Å². The largest absolute Gasteiger partial charge is 0.462 e. The van der Waals surface area contributed by atoms with E-state index in [1.54, 1.807) is 43.3 Å². The Morgan fingerprint density at radius 2 is 1.59 bits per heavy atom. The molecule has 0 unspecified atom stereocenters. The van der Waals surface area contributed by atoms with Gasteiger partial charge in [-0.25, -0.2) is 4.79 Å². The van der Waals surface area contributed by atoms with E-state index in [1.165, 1.54) is 6.07 Å². The highest BCUT2D eigenvalue weighted by atomic mass is 35.5. The highest BCUT2D eigenvalue weighted by Gasteiger charge is 2.35. The van der Waals surface area contributed by atoms with Crippen LogP contribution in [0.5, 0.6) is 0 Å². The number of ketones is 2. The van der Waals surface area contributed by atoms with Gasteiger partial charge in [-0.15, -0.1) is 0 Å². The fourth-order valence-corrected chi connectivity index (χ4v) is 3.96. The van der Waals surface area contributed by atoms with E-state index in [9.17, 15) is 14.4 Å². The van der Waals surface area contributed by atoms with Crippen molar-refractivity contribution in [1.29, 1.82) is 0 Å². The lowest BCUT2D eigenvalue weighted by molar-refractivity contribution is 0.0526. The van der Waals surface area contributed by atoms with Gasteiger partial charge in [0.2, 0.25) is 0 Å². The molecule has 4 rings (SSSR count). The van der Waals surface area contributed by atoms with Gasteiger partial charge in [0.1, 0.15) is 0 Å². The first kappa shape index (κ1) is 17.7. The summed E-state index contributed by atoms with van der Waals surface area (Å²) in [5.74, 6) is -1.43. The van der Waals surface area contributed by atoms with E-state index in [2.05, 4.69) is 0 Å². The zero-order valence-electron chi connectivity index (χ0n) is 14.1. The first-order valence-corrected chi connectivity index (χ1v) is 9.01. The zero-order valence-corrected chi connectivity index (χ0v) is 15.6. The van der Waals surface area contributed by atoms with E-state index in [-0.39, 0.29) is 39.7 Å². The molecule has 0 N–H and O–H groups in total. The fraction of sp³-hybridized carbons (Fsp3) is 0.0952. The normalized spacial score (nSPS) is 12.7. The molecule has 0 heterocycles. The molecule has 0 aromatic heterocycles. The summed E-state index contributed by atoms with van der Waals surface area (Å²) in [5, 5.41) is 1.44. The molecular weight excluding hydrogens is 387 g/mol. The maximum atomic E-state index is 13.2. The van der Waals surface area contributed by atoms with Gasteiger partial charge in [-0.2, -0.15) is 0 Å². The van der Waals surface area contributed by atoms with Crippen LogP contribution in [-0.4, -0.2) is 24.1 Å². The lowest BCUT2D eigenvalue weighted by Crippen LogP contribution is -2.25. The molecule has 3 aromatic carbocycles. The SMILES string of the molecule is CCOC(=O)c1c2c(cc3c(Cl)cc(Cl)cc13)C(=O)c1ccccc1C2=O. The third kappa shape index (κ3) is 2.64. The highest BCUT2D eigenvalue weighted by molar-refractivity contribution is 6.41. The molecule has 0 saturated heterocycles. The molecule has 3 aromatic rings. The Morgan fingerprint density at radius 1 is 0.926 bits per heavy atom. The average Bonchev–Trinajstić information content (AvgIpc) is 2.65. The minimum atomic E-state index is -0.696. The first-order chi connectivity index (χ1) is 12.9. The van der Waals surface area contributed by atoms with Crippen LogP contribution in [0.2, 0.25) is 10.0 Å². The number of carbonyl (C=O) groups is 3. The third-order valence-corrected chi connectivity index (χ3v) is 5.07. The van der Waals surface area contributed by atoms with Crippen molar-refractivity contribution >= 4 is 51.5 Å². The highest BCUT2D eigenvalue weighted by Crippen LogP contribution is 2.38. The van der Waals surface area contributed by atoms with Crippen LogP contribution < -0.4 is 0 Å². The number of hydrogen-bond acceptors (Lipinski definition) is 4. The second-order valence-corrected chi connectivity index (χ2v) is 6.92. The number of fused-ring (bicyclic) bond motifs is 3. The molecule has 0 bridgehead atoms. The topological polar surface area (TPSA) is 60.4 Å². The standard InChI is InChI=1S/C21H12Cl2O4/c1-2-27-21(26)18-14-7-10(22)8-16(23)13(14)9-15-17(18)20(25)12-6-4-3-5-11(12)19(15)24/h3-9H,2H2,1H3. The van der Waals surface area contributed by atoms with Gasteiger partial charge in [-0.05, 0) is 30.5 Å². The van der Waals surface area contributed by atoms with Gasteiger partial charge in [-0.3, -0.25) is 9.59 Å². The van der Waals surface area contributed by atoms with Gasteiger partial charge in [0.15, 0.2) is 11.6 Å². The number of halogens is 2. The van der Waals surface area contributed by atoms with E-state index in [4.69, 9.17) is 27.9 Å². The summed E-state index contributed by atoms with van der Waals surface area (Å²) in [7, 11) is 0. The second kappa shape index (κ2) is 6.48. The van der Waals surface area contributed by atoms with Crippen LogP contribution in [0.15, 0.2) is 42.5 Å². The Labute approximate surface area is 164 Å². The van der Waals surface area contributed by atoms with Gasteiger partial charge in [0.05, 0.1) is 12.2 Å². The summed E-state index contributed by atoms with van der Waals surface area (Å²) in [6.45, 7) is 1.79. The Balaban J connectivity index is 2.16. The van der Waals surface area contributed by atoms with Crippen molar-refractivity contribution < 1.29 is 19.1 Å². The molecule has 6 heteroatoms. The van der Waals surface area contributed by atoms with Gasteiger partial charge >= 0.3 is 5.97 Å². The van der Waals surface area contributed by atoms with Gasteiger partial charge in [0.25, 0.3) is 0 Å². The van der Waals surface area contributed by atoms with Crippen LogP contribution in [0.3, 0.4) is 0 Å². The molecule has 0 aliphatic heterocycles. The van der Waals surface area contributed by atoms with E-state index in [0.717, 1.165) is 0 Å². The van der Waals surface area contributed by atoms with E-state index >= 15 is 0 Å². The first-order valence-electron chi connectivity index (χ1n) is 8.25. The van der Waals surface area contributed by atoms with E-state index < -0.39 is 11.8 Å². The summed E-state index contributed by atoms with van der Waals surface area (Å²) in [4.78, 5) is 39.0. The van der Waals surface area contributed by atoms with Crippen LogP contribution in [-0.2, 0) is 4.74 Å². The lowest BCUT2D eigenvalue weighted by atomic mass is 9.80. The molecule has 1 aliphatic carbocycles. The molecule has 0 fully saturated rings. The summed E-state index contributed by atoms with van der Waals surface area (Å²) < 4.78 is 5.16. The molecule has 0 saturated carbocycles. The van der Waals surface area contributed by atoms with Crippen molar-refractivity contribution in [3.63, 3.8) is 0 Å². The smallest absolute Gasteiger partial charge is 0.339 e. The second-order valence-electron chi connectivity index (χ2n) is 6.08. The van der Waals surface area contributed by atoms with Crippen molar-refractivity contribution in [2.45, 2.75) is 6.92 Å². The van der Waals surface area contributed by atoms with Crippen LogP contribution >= 0.6 is 23.2 Å². The number of ether oxygens (including phenoxy) is 1. The maximum absolute atomic E-state index is 13.2. The van der Waals surface area contributed by atoms with Crippen molar-refractivity contribution in [1.82, 2.24) is 0 Å². The quantitative estimate of drug-likeness (QED) is 0.440. The summed E-state index contributed by atoms with van der Waals surface area (Å²) in [6, 6.07) is 11.1.